The van der Waals surface area contributed by atoms with E-state index in [0.29, 0.717) is 23.4 Å². The highest BCUT2D eigenvalue weighted by Crippen LogP contribution is 2.64. The molecule has 2 heterocycles. The molecule has 1 unspecified atom stereocenters. The summed E-state index contributed by atoms with van der Waals surface area (Å²) in [6.07, 6.45) is 12.9. The molecule has 4 fully saturated rings. The lowest BCUT2D eigenvalue weighted by Gasteiger charge is -2.56. The van der Waals surface area contributed by atoms with Crippen LogP contribution in [-0.2, 0) is 11.3 Å². The topological polar surface area (TPSA) is 119 Å². The molecule has 2 aromatic heterocycles. The van der Waals surface area contributed by atoms with Crippen molar-refractivity contribution in [3.05, 3.63) is 22.9 Å². The molecule has 6 rings (SSSR count). The first-order valence-electron chi connectivity index (χ1n) is 13.0. The van der Waals surface area contributed by atoms with E-state index in [1.54, 1.807) is 6.20 Å². The Labute approximate surface area is 199 Å². The van der Waals surface area contributed by atoms with E-state index in [2.05, 4.69) is 27.5 Å². The molecule has 0 radical (unpaired) electrons. The van der Waals surface area contributed by atoms with Gasteiger partial charge in [0.05, 0.1) is 11.8 Å². The summed E-state index contributed by atoms with van der Waals surface area (Å²) in [6.45, 7) is 4.34. The lowest BCUT2D eigenvalue weighted by atomic mass is 9.49. The van der Waals surface area contributed by atoms with Gasteiger partial charge in [-0.2, -0.15) is 14.5 Å². The second-order valence-corrected chi connectivity index (χ2v) is 12.1. The summed E-state index contributed by atoms with van der Waals surface area (Å²) in [5, 5.41) is 25.0. The predicted molar refractivity (Wildman–Crippen MR) is 124 cm³/mol. The molecule has 4 aliphatic carbocycles. The van der Waals surface area contributed by atoms with Gasteiger partial charge in [-0.1, -0.05) is 6.92 Å². The zero-order valence-electron chi connectivity index (χ0n) is 20.2. The molecule has 0 aliphatic heterocycles. The predicted octanol–water partition coefficient (Wildman–Crippen LogP) is 2.74. The minimum Gasteiger partial charge on any atom is -0.390 e. The Hall–Kier alpha value is -2.29. The summed E-state index contributed by atoms with van der Waals surface area (Å²) in [4.78, 5) is 26.2. The Morgan fingerprint density at radius 3 is 2.71 bits per heavy atom. The van der Waals surface area contributed by atoms with Crippen molar-refractivity contribution >= 4 is 5.78 Å². The molecule has 8 atom stereocenters. The first-order valence-corrected chi connectivity index (χ1v) is 13.0. The van der Waals surface area contributed by atoms with Gasteiger partial charge in [-0.25, -0.2) is 4.79 Å². The summed E-state index contributed by atoms with van der Waals surface area (Å²) >= 11 is 0. The molecule has 34 heavy (non-hydrogen) atoms. The minimum atomic E-state index is -0.487. The Bertz CT molecular complexity index is 1120. The number of carbonyl (C=O) groups is 1. The van der Waals surface area contributed by atoms with Crippen LogP contribution < -0.4 is 5.69 Å². The number of carbonyl (C=O) groups excluding carboxylic acids is 1. The number of tetrazole rings is 1. The molecule has 4 saturated carbocycles. The first-order chi connectivity index (χ1) is 16.3. The van der Waals surface area contributed by atoms with Crippen LogP contribution in [0.1, 0.15) is 71.6 Å². The molecule has 2 aromatic rings. The first kappa shape index (κ1) is 22.2. The van der Waals surface area contributed by atoms with Crippen molar-refractivity contribution in [1.82, 2.24) is 30.0 Å². The number of aromatic amines is 1. The zero-order chi connectivity index (χ0) is 23.7. The largest absolute Gasteiger partial charge is 0.390 e. The molecule has 184 valence electrons. The normalized spacial score (nSPS) is 41.5. The molecule has 0 bridgehead atoms. The highest BCUT2D eigenvalue weighted by atomic mass is 16.3. The molecule has 9 heteroatoms. The van der Waals surface area contributed by atoms with Gasteiger partial charge < -0.3 is 5.11 Å². The van der Waals surface area contributed by atoms with Gasteiger partial charge in [0.25, 0.3) is 0 Å². The second kappa shape index (κ2) is 7.86. The van der Waals surface area contributed by atoms with Gasteiger partial charge in [0, 0.05) is 12.1 Å². The fraction of sp³-hybridized carbons (Fsp3) is 0.800. The Kier molecular flexibility index (Phi) is 5.13. The van der Waals surface area contributed by atoms with E-state index in [1.807, 2.05) is 6.92 Å². The number of nitrogens with one attached hydrogen (secondary N) is 1. The van der Waals surface area contributed by atoms with Crippen molar-refractivity contribution < 1.29 is 9.90 Å². The Morgan fingerprint density at radius 2 is 1.91 bits per heavy atom. The molecular formula is C25H36N6O3. The van der Waals surface area contributed by atoms with Crippen LogP contribution in [-0.4, -0.2) is 46.5 Å². The van der Waals surface area contributed by atoms with E-state index in [0.717, 1.165) is 50.4 Å². The van der Waals surface area contributed by atoms with E-state index in [4.69, 9.17) is 0 Å². The highest BCUT2D eigenvalue weighted by Gasteiger charge is 2.58. The van der Waals surface area contributed by atoms with Gasteiger partial charge in [-0.3, -0.25) is 9.89 Å². The van der Waals surface area contributed by atoms with Crippen LogP contribution in [0.4, 0.5) is 0 Å². The van der Waals surface area contributed by atoms with Crippen molar-refractivity contribution in [2.45, 2.75) is 83.8 Å². The Balaban J connectivity index is 1.18. The number of aromatic nitrogens is 6. The quantitative estimate of drug-likeness (QED) is 0.712. The van der Waals surface area contributed by atoms with Crippen molar-refractivity contribution in [2.75, 3.05) is 0 Å². The van der Waals surface area contributed by atoms with Crippen molar-refractivity contribution in [1.29, 1.82) is 0 Å². The van der Waals surface area contributed by atoms with Crippen LogP contribution in [0.2, 0.25) is 0 Å². The van der Waals surface area contributed by atoms with Gasteiger partial charge in [-0.05, 0) is 110 Å². The summed E-state index contributed by atoms with van der Waals surface area (Å²) in [5.41, 5.74) is -0.381. The van der Waals surface area contributed by atoms with E-state index >= 15 is 0 Å². The number of fused-ring (bicyclic) bond motifs is 5. The lowest BCUT2D eigenvalue weighted by Crippen LogP contribution is -2.51. The van der Waals surface area contributed by atoms with Crippen LogP contribution in [0, 0.1) is 40.9 Å². The van der Waals surface area contributed by atoms with Gasteiger partial charge in [-0.15, -0.1) is 0 Å². The molecule has 0 amide bonds. The molecule has 0 spiro atoms. The number of rotatable bonds is 4. The third-order valence-electron chi connectivity index (χ3n) is 10.3. The maximum atomic E-state index is 13.5. The second-order valence-electron chi connectivity index (χ2n) is 12.1. The minimum absolute atomic E-state index is 0.00933. The summed E-state index contributed by atoms with van der Waals surface area (Å²) in [6, 6.07) is 0. The monoisotopic (exact) mass is 468 g/mol. The fourth-order valence-electron chi connectivity index (χ4n) is 8.76. The number of hydrogen-bond acceptors (Lipinski definition) is 6. The van der Waals surface area contributed by atoms with Crippen molar-refractivity contribution in [2.24, 2.45) is 40.9 Å². The number of Topliss-reactive ketones (excluding diaryl/α,β-unsaturated/α-hetero) is 1. The fourth-order valence-corrected chi connectivity index (χ4v) is 8.76. The molecular weight excluding hydrogens is 432 g/mol. The number of aliphatic hydroxyl groups is 1. The summed E-state index contributed by atoms with van der Waals surface area (Å²) in [7, 11) is 0. The van der Waals surface area contributed by atoms with E-state index < -0.39 is 11.3 Å². The lowest BCUT2D eigenvalue weighted by molar-refractivity contribution is -0.133. The number of ketones is 1. The van der Waals surface area contributed by atoms with Crippen LogP contribution in [0.25, 0.3) is 5.69 Å². The van der Waals surface area contributed by atoms with Crippen molar-refractivity contribution in [3.63, 3.8) is 0 Å². The van der Waals surface area contributed by atoms with E-state index in [9.17, 15) is 14.7 Å². The summed E-state index contributed by atoms with van der Waals surface area (Å²) < 4.78 is 2.36. The smallest absolute Gasteiger partial charge is 0.369 e. The molecule has 4 aliphatic rings. The molecule has 2 N–H and O–H groups in total. The van der Waals surface area contributed by atoms with Gasteiger partial charge in [0.2, 0.25) is 0 Å². The Morgan fingerprint density at radius 1 is 1.09 bits per heavy atom. The van der Waals surface area contributed by atoms with Crippen LogP contribution >= 0.6 is 0 Å². The van der Waals surface area contributed by atoms with Gasteiger partial charge in [0.15, 0.2) is 5.78 Å². The highest BCUT2D eigenvalue weighted by molar-refractivity contribution is 5.82. The van der Waals surface area contributed by atoms with Crippen molar-refractivity contribution in [3.8, 4) is 5.69 Å². The number of nitrogens with zero attached hydrogens (tertiary/aromatic N) is 5. The third-order valence-corrected chi connectivity index (χ3v) is 10.3. The summed E-state index contributed by atoms with van der Waals surface area (Å²) in [5.74, 6) is 3.54. The number of hydrogen-bond donors (Lipinski definition) is 2. The van der Waals surface area contributed by atoms with Gasteiger partial charge in [0.1, 0.15) is 12.2 Å². The maximum absolute atomic E-state index is 13.5. The maximum Gasteiger partial charge on any atom is 0.369 e. The third kappa shape index (κ3) is 3.41. The number of H-pyrrole nitrogens is 1. The van der Waals surface area contributed by atoms with Crippen LogP contribution in [0.5, 0.6) is 0 Å². The average molecular weight is 469 g/mol. The SMILES string of the molecule is C[C@@]1(O)CCC2[C@H](CC[C@@H]3[C@@H]2CC[C@]2(C)[C@@H](C(=O)Cn4nnn(-c5cn[nH]c5)c4=O)CC[C@@H]32)C1. The standard InChI is InChI=1S/C25H36N6O3/c1-24(34)9-7-17-15(11-24)3-4-19-18(17)8-10-25(2)20(19)5-6-21(25)22(32)14-30-23(33)31(29-28-30)16-12-26-27-13-16/h12-13,15,17-21,34H,3-11,14H2,1-2H3,(H,26,27)/t15-,17?,18-,19-,20+,21-,24-,25+/m1/s1. The van der Waals surface area contributed by atoms with E-state index in [1.165, 1.54) is 34.8 Å². The van der Waals surface area contributed by atoms with Gasteiger partial charge >= 0.3 is 5.69 Å². The molecule has 0 saturated heterocycles. The van der Waals surface area contributed by atoms with Crippen LogP contribution in [0.15, 0.2) is 17.2 Å². The molecule has 9 nitrogen and oxygen atoms in total. The average Bonchev–Trinajstić information content (AvgIpc) is 3.52. The molecule has 0 aromatic carbocycles. The van der Waals surface area contributed by atoms with Crippen LogP contribution in [0.3, 0.4) is 0 Å². The zero-order valence-corrected chi connectivity index (χ0v) is 20.2. The van der Waals surface area contributed by atoms with E-state index in [-0.39, 0.29) is 23.7 Å².